The summed E-state index contributed by atoms with van der Waals surface area (Å²) >= 11 is 0. The van der Waals surface area contributed by atoms with Gasteiger partial charge in [0, 0.05) is 18.0 Å². The normalized spacial score (nSPS) is 12.8. The molecule has 0 saturated carbocycles. The van der Waals surface area contributed by atoms with Gasteiger partial charge in [0.05, 0.1) is 0 Å². The monoisotopic (exact) mass is 227 g/mol. The minimum absolute atomic E-state index is 0.0315. The van der Waals surface area contributed by atoms with Crippen molar-refractivity contribution in [2.45, 2.75) is 6.10 Å². The summed E-state index contributed by atoms with van der Waals surface area (Å²) in [5.74, 6) is -4.17. The first kappa shape index (κ1) is 10.8. The molecular weight excluding hydrogens is 219 g/mol. The van der Waals surface area contributed by atoms with Crippen LogP contribution in [0.15, 0.2) is 30.6 Å². The number of hydrogen-bond donors (Lipinski definition) is 2. The smallest absolute Gasteiger partial charge is 0.194 e. The van der Waals surface area contributed by atoms with Crippen molar-refractivity contribution in [3.8, 4) is 0 Å². The quantitative estimate of drug-likeness (QED) is 0.760. The summed E-state index contributed by atoms with van der Waals surface area (Å²) in [5.41, 5.74) is 0.418. The number of aliphatic hydroxyl groups is 1. The molecule has 16 heavy (non-hydrogen) atoms. The molecule has 0 bridgehead atoms. The molecule has 0 saturated heterocycles. The second-order valence-corrected chi connectivity index (χ2v) is 3.35. The molecule has 2 nitrogen and oxygen atoms in total. The Morgan fingerprint density at radius 2 is 1.69 bits per heavy atom. The highest BCUT2D eigenvalue weighted by Crippen LogP contribution is 2.24. The van der Waals surface area contributed by atoms with Gasteiger partial charge in [0.15, 0.2) is 17.5 Å². The second kappa shape index (κ2) is 4.02. The molecule has 84 valence electrons. The molecule has 2 aromatic rings. The molecule has 0 aliphatic carbocycles. The number of benzene rings is 1. The number of halogens is 3. The topological polar surface area (TPSA) is 36.0 Å². The lowest BCUT2D eigenvalue weighted by Crippen LogP contribution is -2.02. The lowest BCUT2D eigenvalue weighted by Gasteiger charge is -2.09. The van der Waals surface area contributed by atoms with Crippen LogP contribution in [0.1, 0.15) is 17.2 Å². The maximum absolute atomic E-state index is 12.9. The van der Waals surface area contributed by atoms with Crippen molar-refractivity contribution in [2.75, 3.05) is 0 Å². The van der Waals surface area contributed by atoms with E-state index in [1.54, 1.807) is 12.3 Å². The lowest BCUT2D eigenvalue weighted by molar-refractivity contribution is 0.219. The van der Waals surface area contributed by atoms with Crippen LogP contribution in [0.25, 0.3) is 0 Å². The van der Waals surface area contributed by atoms with E-state index >= 15 is 0 Å². The van der Waals surface area contributed by atoms with Crippen LogP contribution in [-0.4, -0.2) is 10.1 Å². The van der Waals surface area contributed by atoms with Crippen LogP contribution in [0.2, 0.25) is 0 Å². The van der Waals surface area contributed by atoms with Crippen molar-refractivity contribution < 1.29 is 18.3 Å². The van der Waals surface area contributed by atoms with Crippen LogP contribution >= 0.6 is 0 Å². The number of aromatic nitrogens is 1. The number of aromatic amines is 1. The highest BCUT2D eigenvalue weighted by Gasteiger charge is 2.16. The maximum Gasteiger partial charge on any atom is 0.194 e. The molecule has 5 heteroatoms. The Morgan fingerprint density at radius 1 is 1.06 bits per heavy atom. The summed E-state index contributed by atoms with van der Waals surface area (Å²) in [6.45, 7) is 0. The van der Waals surface area contributed by atoms with E-state index in [1.807, 2.05) is 0 Å². The molecule has 1 atom stereocenters. The first-order valence-corrected chi connectivity index (χ1v) is 4.55. The largest absolute Gasteiger partial charge is 0.384 e. The Kier molecular flexibility index (Phi) is 2.70. The van der Waals surface area contributed by atoms with Gasteiger partial charge >= 0.3 is 0 Å². The first-order chi connectivity index (χ1) is 7.59. The predicted octanol–water partition coefficient (Wildman–Crippen LogP) is 2.51. The fourth-order valence-corrected chi connectivity index (χ4v) is 1.43. The third kappa shape index (κ3) is 1.81. The number of rotatable bonds is 2. The van der Waals surface area contributed by atoms with Crippen molar-refractivity contribution in [1.82, 2.24) is 4.98 Å². The van der Waals surface area contributed by atoms with Crippen LogP contribution in [0.3, 0.4) is 0 Å². The molecule has 0 amide bonds. The van der Waals surface area contributed by atoms with Crippen LogP contribution < -0.4 is 0 Å². The number of H-pyrrole nitrogens is 1. The molecular formula is C11H8F3NO. The van der Waals surface area contributed by atoms with Crippen molar-refractivity contribution in [1.29, 1.82) is 0 Å². The molecule has 1 aromatic carbocycles. The minimum atomic E-state index is -1.54. The van der Waals surface area contributed by atoms with Gasteiger partial charge in [-0.2, -0.15) is 0 Å². The van der Waals surface area contributed by atoms with Gasteiger partial charge in [-0.25, -0.2) is 13.2 Å². The number of aliphatic hydroxyl groups excluding tert-OH is 1. The van der Waals surface area contributed by atoms with E-state index in [4.69, 9.17) is 0 Å². The van der Waals surface area contributed by atoms with Crippen molar-refractivity contribution >= 4 is 0 Å². The summed E-state index contributed by atoms with van der Waals surface area (Å²) in [5, 5.41) is 9.74. The van der Waals surface area contributed by atoms with E-state index in [0.29, 0.717) is 5.56 Å². The maximum atomic E-state index is 12.9. The third-order valence-corrected chi connectivity index (χ3v) is 2.26. The average Bonchev–Trinajstić information content (AvgIpc) is 2.77. The molecule has 2 rings (SSSR count). The number of hydrogen-bond acceptors (Lipinski definition) is 1. The Balaban J connectivity index is 2.42. The van der Waals surface area contributed by atoms with E-state index in [-0.39, 0.29) is 5.56 Å². The van der Waals surface area contributed by atoms with Crippen LogP contribution in [0, 0.1) is 17.5 Å². The van der Waals surface area contributed by atoms with E-state index in [9.17, 15) is 18.3 Å². The fraction of sp³-hybridized carbons (Fsp3) is 0.0909. The third-order valence-electron chi connectivity index (χ3n) is 2.26. The summed E-state index contributed by atoms with van der Waals surface area (Å²) < 4.78 is 38.5. The van der Waals surface area contributed by atoms with Gasteiger partial charge in [-0.05, 0) is 23.8 Å². The molecule has 1 aromatic heterocycles. The molecule has 0 spiro atoms. The zero-order valence-corrected chi connectivity index (χ0v) is 8.05. The van der Waals surface area contributed by atoms with Gasteiger partial charge in [-0.1, -0.05) is 0 Å². The highest BCUT2D eigenvalue weighted by molar-refractivity contribution is 5.29. The van der Waals surface area contributed by atoms with Gasteiger partial charge in [0.2, 0.25) is 0 Å². The van der Waals surface area contributed by atoms with Crippen LogP contribution in [-0.2, 0) is 0 Å². The molecule has 0 radical (unpaired) electrons. The Morgan fingerprint density at radius 3 is 2.19 bits per heavy atom. The Hall–Kier alpha value is -1.75. The first-order valence-electron chi connectivity index (χ1n) is 4.55. The molecule has 0 aliphatic heterocycles. The van der Waals surface area contributed by atoms with E-state index < -0.39 is 23.6 Å². The van der Waals surface area contributed by atoms with Crippen molar-refractivity contribution in [3.05, 3.63) is 59.2 Å². The van der Waals surface area contributed by atoms with Gasteiger partial charge in [0.1, 0.15) is 6.10 Å². The van der Waals surface area contributed by atoms with Gasteiger partial charge in [0.25, 0.3) is 0 Å². The van der Waals surface area contributed by atoms with Gasteiger partial charge in [-0.15, -0.1) is 0 Å². The molecule has 2 N–H and O–H groups in total. The summed E-state index contributed by atoms with van der Waals surface area (Å²) in [4.78, 5) is 2.70. The van der Waals surface area contributed by atoms with E-state index in [2.05, 4.69) is 4.98 Å². The minimum Gasteiger partial charge on any atom is -0.384 e. The standard InChI is InChI=1S/C11H8F3NO/c12-8-3-7(4-9(13)10(8)14)11(16)6-1-2-15-5-6/h1-5,11,15-16H. The summed E-state index contributed by atoms with van der Waals surface area (Å²) in [7, 11) is 0. The Bertz CT molecular complexity index is 473. The van der Waals surface area contributed by atoms with E-state index in [0.717, 1.165) is 12.1 Å². The number of nitrogens with one attached hydrogen (secondary N) is 1. The zero-order chi connectivity index (χ0) is 11.7. The Labute approximate surface area is 89.4 Å². The van der Waals surface area contributed by atoms with E-state index in [1.165, 1.54) is 6.20 Å². The molecule has 0 fully saturated rings. The molecule has 0 aliphatic rings. The van der Waals surface area contributed by atoms with Gasteiger partial charge < -0.3 is 10.1 Å². The SMILES string of the molecule is OC(c1cc[nH]c1)c1cc(F)c(F)c(F)c1. The summed E-state index contributed by atoms with van der Waals surface area (Å²) in [6, 6.07) is 3.11. The zero-order valence-electron chi connectivity index (χ0n) is 8.05. The summed E-state index contributed by atoms with van der Waals surface area (Å²) in [6.07, 6.45) is 1.87. The molecule has 1 heterocycles. The molecule has 1 unspecified atom stereocenters. The fourth-order valence-electron chi connectivity index (χ4n) is 1.43. The average molecular weight is 227 g/mol. The van der Waals surface area contributed by atoms with Gasteiger partial charge in [-0.3, -0.25) is 0 Å². The second-order valence-electron chi connectivity index (χ2n) is 3.35. The van der Waals surface area contributed by atoms with Crippen molar-refractivity contribution in [3.63, 3.8) is 0 Å². The van der Waals surface area contributed by atoms with Crippen molar-refractivity contribution in [2.24, 2.45) is 0 Å². The van der Waals surface area contributed by atoms with Crippen LogP contribution in [0.5, 0.6) is 0 Å². The lowest BCUT2D eigenvalue weighted by atomic mass is 10.0. The predicted molar refractivity (Wildman–Crippen MR) is 51.2 cm³/mol. The highest BCUT2D eigenvalue weighted by atomic mass is 19.2. The van der Waals surface area contributed by atoms with Crippen LogP contribution in [0.4, 0.5) is 13.2 Å².